The minimum absolute atomic E-state index is 0.0928. The van der Waals surface area contributed by atoms with Crippen LogP contribution in [0.1, 0.15) is 27.2 Å². The summed E-state index contributed by atoms with van der Waals surface area (Å²) in [5, 5.41) is 5.14. The van der Waals surface area contributed by atoms with E-state index in [0.29, 0.717) is 12.2 Å². The SMILES string of the molecule is Cc1cc(C)c2nc(N(CCN3CCOCC3)C(=O)c3nn(C)cc3C)sc2c1. The molecule has 3 heterocycles. The van der Waals surface area contributed by atoms with Gasteiger partial charge in [0.2, 0.25) is 0 Å². The van der Waals surface area contributed by atoms with Gasteiger partial charge < -0.3 is 4.74 Å². The maximum absolute atomic E-state index is 13.5. The Hall–Kier alpha value is -2.29. The predicted molar refractivity (Wildman–Crippen MR) is 116 cm³/mol. The number of benzene rings is 1. The van der Waals surface area contributed by atoms with E-state index in [9.17, 15) is 4.79 Å². The molecule has 3 aromatic rings. The van der Waals surface area contributed by atoms with E-state index in [1.54, 1.807) is 20.9 Å². The first-order chi connectivity index (χ1) is 13.9. The average Bonchev–Trinajstić information content (AvgIpc) is 3.25. The molecule has 29 heavy (non-hydrogen) atoms. The van der Waals surface area contributed by atoms with Gasteiger partial charge in [0.25, 0.3) is 5.91 Å². The highest BCUT2D eigenvalue weighted by Crippen LogP contribution is 2.32. The lowest BCUT2D eigenvalue weighted by Crippen LogP contribution is -2.43. The number of anilines is 1. The molecular weight excluding hydrogens is 386 g/mol. The summed E-state index contributed by atoms with van der Waals surface area (Å²) in [6, 6.07) is 4.27. The summed E-state index contributed by atoms with van der Waals surface area (Å²) in [4.78, 5) is 22.4. The summed E-state index contributed by atoms with van der Waals surface area (Å²) in [6.07, 6.45) is 1.87. The topological polar surface area (TPSA) is 63.5 Å². The van der Waals surface area contributed by atoms with Gasteiger partial charge in [0, 0.05) is 45.0 Å². The molecule has 0 atom stereocenters. The first kappa shape index (κ1) is 20.0. The van der Waals surface area contributed by atoms with Crippen molar-refractivity contribution >= 4 is 32.6 Å². The van der Waals surface area contributed by atoms with Crippen LogP contribution in [0.5, 0.6) is 0 Å². The Labute approximate surface area is 174 Å². The molecule has 7 nitrogen and oxygen atoms in total. The number of thiazole rings is 1. The van der Waals surface area contributed by atoms with Gasteiger partial charge in [-0.25, -0.2) is 4.98 Å². The van der Waals surface area contributed by atoms with Crippen LogP contribution in [0.3, 0.4) is 0 Å². The van der Waals surface area contributed by atoms with Gasteiger partial charge in [0.05, 0.1) is 23.4 Å². The summed E-state index contributed by atoms with van der Waals surface area (Å²) in [7, 11) is 1.84. The first-order valence-electron chi connectivity index (χ1n) is 9.92. The van der Waals surface area contributed by atoms with Gasteiger partial charge in [-0.2, -0.15) is 5.10 Å². The molecule has 0 aliphatic carbocycles. The summed E-state index contributed by atoms with van der Waals surface area (Å²) >= 11 is 1.57. The average molecular weight is 414 g/mol. The molecule has 0 unspecified atom stereocenters. The summed E-state index contributed by atoms with van der Waals surface area (Å²) in [6.45, 7) is 10.7. The summed E-state index contributed by atoms with van der Waals surface area (Å²) in [5.41, 5.74) is 4.68. The van der Waals surface area contributed by atoms with Crippen molar-refractivity contribution < 1.29 is 9.53 Å². The van der Waals surface area contributed by atoms with E-state index < -0.39 is 0 Å². The third-order valence-electron chi connectivity index (χ3n) is 5.25. The molecule has 1 fully saturated rings. The lowest BCUT2D eigenvalue weighted by molar-refractivity contribution is 0.0391. The van der Waals surface area contributed by atoms with Gasteiger partial charge in [0.1, 0.15) is 0 Å². The quantitative estimate of drug-likeness (QED) is 0.644. The van der Waals surface area contributed by atoms with Crippen molar-refractivity contribution in [2.75, 3.05) is 44.3 Å². The number of hydrogen-bond donors (Lipinski definition) is 0. The number of aryl methyl sites for hydroxylation is 4. The molecule has 0 N–H and O–H groups in total. The van der Waals surface area contributed by atoms with E-state index in [4.69, 9.17) is 9.72 Å². The second-order valence-corrected chi connectivity index (χ2v) is 8.68. The summed E-state index contributed by atoms with van der Waals surface area (Å²) < 4.78 is 8.25. The molecule has 1 amide bonds. The van der Waals surface area contributed by atoms with E-state index in [1.165, 1.54) is 5.56 Å². The van der Waals surface area contributed by atoms with Gasteiger partial charge in [-0.3, -0.25) is 19.3 Å². The molecular formula is C21H27N5O2S. The lowest BCUT2D eigenvalue weighted by Gasteiger charge is -2.29. The van der Waals surface area contributed by atoms with Crippen LogP contribution in [0, 0.1) is 20.8 Å². The number of carbonyl (C=O) groups is 1. The van der Waals surface area contributed by atoms with E-state index in [0.717, 1.165) is 59.3 Å². The van der Waals surface area contributed by atoms with Crippen molar-refractivity contribution in [3.8, 4) is 0 Å². The number of hydrogen-bond acceptors (Lipinski definition) is 6. The van der Waals surface area contributed by atoms with Crippen LogP contribution in [0.15, 0.2) is 18.3 Å². The van der Waals surface area contributed by atoms with Crippen molar-refractivity contribution in [3.05, 3.63) is 40.7 Å². The Morgan fingerprint density at radius 1 is 1.21 bits per heavy atom. The predicted octanol–water partition coefficient (Wildman–Crippen LogP) is 2.93. The zero-order valence-corrected chi connectivity index (χ0v) is 18.3. The van der Waals surface area contributed by atoms with Crippen LogP contribution >= 0.6 is 11.3 Å². The van der Waals surface area contributed by atoms with Gasteiger partial charge in [-0.05, 0) is 38.0 Å². The van der Waals surface area contributed by atoms with Crippen LogP contribution in [0.4, 0.5) is 5.13 Å². The minimum Gasteiger partial charge on any atom is -0.379 e. The molecule has 154 valence electrons. The van der Waals surface area contributed by atoms with Gasteiger partial charge in [-0.15, -0.1) is 0 Å². The largest absolute Gasteiger partial charge is 0.379 e. The van der Waals surface area contributed by atoms with Gasteiger partial charge in [0.15, 0.2) is 10.8 Å². The molecule has 0 saturated carbocycles. The van der Waals surface area contributed by atoms with E-state index in [1.807, 2.05) is 20.2 Å². The molecule has 8 heteroatoms. The highest BCUT2D eigenvalue weighted by molar-refractivity contribution is 7.22. The number of fused-ring (bicyclic) bond motifs is 1. The Balaban J connectivity index is 1.68. The molecule has 4 rings (SSSR count). The number of ether oxygens (including phenoxy) is 1. The Kier molecular flexibility index (Phi) is 5.67. The fourth-order valence-corrected chi connectivity index (χ4v) is 4.94. The zero-order valence-electron chi connectivity index (χ0n) is 17.4. The first-order valence-corrected chi connectivity index (χ1v) is 10.7. The number of morpholine rings is 1. The van der Waals surface area contributed by atoms with E-state index in [2.05, 4.69) is 36.0 Å². The van der Waals surface area contributed by atoms with Crippen molar-refractivity contribution in [2.24, 2.45) is 7.05 Å². The van der Waals surface area contributed by atoms with Crippen LogP contribution in [0.25, 0.3) is 10.2 Å². The highest BCUT2D eigenvalue weighted by atomic mass is 32.1. The molecule has 0 spiro atoms. The Morgan fingerprint density at radius 2 is 1.97 bits per heavy atom. The molecule has 0 radical (unpaired) electrons. The Bertz CT molecular complexity index is 1040. The minimum atomic E-state index is -0.0928. The van der Waals surface area contributed by atoms with E-state index >= 15 is 0 Å². The number of aromatic nitrogens is 3. The maximum atomic E-state index is 13.5. The van der Waals surface area contributed by atoms with E-state index in [-0.39, 0.29) is 5.91 Å². The molecule has 1 aromatic carbocycles. The normalized spacial score (nSPS) is 15.2. The van der Waals surface area contributed by atoms with Crippen molar-refractivity contribution in [2.45, 2.75) is 20.8 Å². The third-order valence-corrected chi connectivity index (χ3v) is 6.28. The zero-order chi connectivity index (χ0) is 20.5. The summed E-state index contributed by atoms with van der Waals surface area (Å²) in [5.74, 6) is -0.0928. The second kappa shape index (κ2) is 8.22. The van der Waals surface area contributed by atoms with Crippen LogP contribution in [-0.4, -0.2) is 65.0 Å². The fraction of sp³-hybridized carbons (Fsp3) is 0.476. The second-order valence-electron chi connectivity index (χ2n) is 7.67. The van der Waals surface area contributed by atoms with Crippen LogP contribution in [0.2, 0.25) is 0 Å². The van der Waals surface area contributed by atoms with Crippen molar-refractivity contribution in [3.63, 3.8) is 0 Å². The van der Waals surface area contributed by atoms with Crippen LogP contribution < -0.4 is 4.90 Å². The molecule has 1 saturated heterocycles. The van der Waals surface area contributed by atoms with Gasteiger partial charge >= 0.3 is 0 Å². The number of nitrogens with zero attached hydrogens (tertiary/aromatic N) is 5. The molecule has 0 bridgehead atoms. The highest BCUT2D eigenvalue weighted by Gasteiger charge is 2.26. The monoisotopic (exact) mass is 413 g/mol. The number of carbonyl (C=O) groups excluding carboxylic acids is 1. The Morgan fingerprint density at radius 3 is 2.66 bits per heavy atom. The molecule has 2 aromatic heterocycles. The third kappa shape index (κ3) is 4.19. The molecule has 1 aliphatic rings. The van der Waals surface area contributed by atoms with Crippen molar-refractivity contribution in [1.29, 1.82) is 0 Å². The van der Waals surface area contributed by atoms with Crippen molar-refractivity contribution in [1.82, 2.24) is 19.7 Å². The number of rotatable bonds is 5. The fourth-order valence-electron chi connectivity index (χ4n) is 3.77. The lowest BCUT2D eigenvalue weighted by atomic mass is 10.1. The van der Waals surface area contributed by atoms with Crippen LogP contribution in [-0.2, 0) is 11.8 Å². The maximum Gasteiger partial charge on any atom is 0.280 e. The molecule has 1 aliphatic heterocycles. The standard InChI is InChI=1S/C21H27N5O2S/c1-14-11-15(2)18-17(12-14)29-21(22-18)26(6-5-25-7-9-28-10-8-25)20(27)19-16(3)13-24(4)23-19/h11-13H,5-10H2,1-4H3. The van der Waals surface area contributed by atoms with Gasteiger partial charge in [-0.1, -0.05) is 17.4 Å². The number of amides is 1. The smallest absolute Gasteiger partial charge is 0.280 e.